The van der Waals surface area contributed by atoms with Gasteiger partial charge in [-0.3, -0.25) is 4.79 Å². The SMILES string of the molecule is C[C@@H](NC(=O)O)[C@H](O[Si](C)(C)C(C)(C)C)C(=O)O[Si](C)(C)C(C)(C)C. The summed E-state index contributed by atoms with van der Waals surface area (Å²) in [7, 11) is -4.61. The average Bonchev–Trinajstić information content (AvgIpc) is 2.31. The molecular weight excluding hydrogens is 354 g/mol. The molecule has 0 saturated heterocycles. The van der Waals surface area contributed by atoms with Crippen LogP contribution >= 0.6 is 0 Å². The van der Waals surface area contributed by atoms with Gasteiger partial charge in [0.25, 0.3) is 8.32 Å². The standard InChI is InChI=1S/C17H37NO5Si2/c1-12(18-15(20)21)13(22-24(8,9)16(2,3)4)14(19)23-25(10,11)17(5,6)7/h12-13,18H,1-11H3,(H,20,21)/t12-,13+/m1/s1. The molecule has 2 atom stereocenters. The molecule has 0 fully saturated rings. The van der Waals surface area contributed by atoms with Crippen molar-refractivity contribution in [2.75, 3.05) is 0 Å². The largest absolute Gasteiger partial charge is 0.517 e. The van der Waals surface area contributed by atoms with E-state index in [1.54, 1.807) is 6.92 Å². The first-order valence-corrected chi connectivity index (χ1v) is 14.5. The van der Waals surface area contributed by atoms with Gasteiger partial charge < -0.3 is 19.3 Å². The lowest BCUT2D eigenvalue weighted by Crippen LogP contribution is -2.56. The smallest absolute Gasteiger partial charge is 0.404 e. The Morgan fingerprint density at radius 2 is 1.32 bits per heavy atom. The number of hydrogen-bond donors (Lipinski definition) is 2. The summed E-state index contributed by atoms with van der Waals surface area (Å²) in [5.41, 5.74) is 0. The van der Waals surface area contributed by atoms with E-state index in [9.17, 15) is 9.59 Å². The van der Waals surface area contributed by atoms with Gasteiger partial charge in [0.2, 0.25) is 0 Å². The van der Waals surface area contributed by atoms with Crippen LogP contribution in [0.2, 0.25) is 36.3 Å². The van der Waals surface area contributed by atoms with Crippen LogP contribution in [0.3, 0.4) is 0 Å². The van der Waals surface area contributed by atoms with Gasteiger partial charge in [-0.05, 0) is 43.2 Å². The number of carbonyl (C=O) groups excluding carboxylic acids is 1. The molecule has 0 aromatic heterocycles. The van der Waals surface area contributed by atoms with E-state index in [0.29, 0.717) is 0 Å². The molecule has 0 bridgehead atoms. The van der Waals surface area contributed by atoms with Crippen molar-refractivity contribution in [3.8, 4) is 0 Å². The summed E-state index contributed by atoms with van der Waals surface area (Å²) in [5.74, 6) is -0.474. The second-order valence-corrected chi connectivity index (χ2v) is 19.2. The minimum atomic E-state index is -2.33. The van der Waals surface area contributed by atoms with Gasteiger partial charge in [-0.2, -0.15) is 0 Å². The number of hydrogen-bond acceptors (Lipinski definition) is 4. The second-order valence-electron chi connectivity index (χ2n) is 9.72. The van der Waals surface area contributed by atoms with E-state index in [4.69, 9.17) is 14.0 Å². The van der Waals surface area contributed by atoms with E-state index in [2.05, 4.69) is 46.9 Å². The highest BCUT2D eigenvalue weighted by Gasteiger charge is 2.46. The van der Waals surface area contributed by atoms with Crippen LogP contribution in [0.1, 0.15) is 48.5 Å². The van der Waals surface area contributed by atoms with Gasteiger partial charge in [-0.25, -0.2) is 4.79 Å². The molecule has 1 amide bonds. The lowest BCUT2D eigenvalue weighted by molar-refractivity contribution is -0.145. The molecule has 148 valence electrons. The summed E-state index contributed by atoms with van der Waals surface area (Å²) < 4.78 is 12.1. The van der Waals surface area contributed by atoms with Crippen molar-refractivity contribution >= 4 is 28.7 Å². The molecule has 0 spiro atoms. The molecule has 0 aliphatic rings. The molecule has 0 aliphatic carbocycles. The fraction of sp³-hybridized carbons (Fsp3) is 0.882. The summed E-state index contributed by atoms with van der Waals surface area (Å²) in [4.78, 5) is 24.0. The third kappa shape index (κ3) is 6.75. The van der Waals surface area contributed by atoms with E-state index < -0.39 is 40.8 Å². The zero-order valence-corrected chi connectivity index (χ0v) is 19.7. The predicted octanol–water partition coefficient (Wildman–Crippen LogP) is 4.58. The van der Waals surface area contributed by atoms with Gasteiger partial charge in [0.1, 0.15) is 0 Å². The van der Waals surface area contributed by atoms with Crippen molar-refractivity contribution < 1.29 is 23.5 Å². The van der Waals surface area contributed by atoms with Crippen LogP contribution in [0.15, 0.2) is 0 Å². The number of carboxylic acid groups (broad SMARTS) is 1. The molecule has 25 heavy (non-hydrogen) atoms. The Labute approximate surface area is 154 Å². The van der Waals surface area contributed by atoms with Gasteiger partial charge in [-0.15, -0.1) is 0 Å². The average molecular weight is 392 g/mol. The Morgan fingerprint density at radius 1 is 0.920 bits per heavy atom. The van der Waals surface area contributed by atoms with Crippen molar-refractivity contribution in [2.45, 2.75) is 96.9 Å². The van der Waals surface area contributed by atoms with Gasteiger partial charge in [0, 0.05) is 0 Å². The molecule has 0 aromatic carbocycles. The molecule has 0 saturated carbocycles. The van der Waals surface area contributed by atoms with Crippen LogP contribution in [0.4, 0.5) is 4.79 Å². The monoisotopic (exact) mass is 391 g/mol. The predicted molar refractivity (Wildman–Crippen MR) is 106 cm³/mol. The fourth-order valence-electron chi connectivity index (χ4n) is 1.58. The van der Waals surface area contributed by atoms with Crippen molar-refractivity contribution in [1.82, 2.24) is 5.32 Å². The van der Waals surface area contributed by atoms with E-state index in [0.717, 1.165) is 0 Å². The summed E-state index contributed by atoms with van der Waals surface area (Å²) in [5, 5.41) is 11.1. The normalized spacial score (nSPS) is 16.1. The topological polar surface area (TPSA) is 84.9 Å². The first-order valence-electron chi connectivity index (χ1n) is 8.72. The summed E-state index contributed by atoms with van der Waals surface area (Å²) in [6.07, 6.45) is -2.14. The van der Waals surface area contributed by atoms with Gasteiger partial charge in [0.05, 0.1) is 6.04 Å². The lowest BCUT2D eigenvalue weighted by Gasteiger charge is -2.42. The van der Waals surface area contributed by atoms with Crippen LogP contribution < -0.4 is 5.32 Å². The molecule has 0 aliphatic heterocycles. The molecule has 0 heterocycles. The molecule has 8 heteroatoms. The molecule has 2 N–H and O–H groups in total. The Balaban J connectivity index is 5.61. The minimum Gasteiger partial charge on any atom is -0.517 e. The van der Waals surface area contributed by atoms with Crippen LogP contribution in [-0.2, 0) is 13.6 Å². The maximum atomic E-state index is 12.9. The van der Waals surface area contributed by atoms with Crippen molar-refractivity contribution in [3.05, 3.63) is 0 Å². The van der Waals surface area contributed by atoms with Crippen LogP contribution in [-0.4, -0.2) is 45.9 Å². The van der Waals surface area contributed by atoms with Gasteiger partial charge in [0.15, 0.2) is 14.4 Å². The van der Waals surface area contributed by atoms with Crippen LogP contribution in [0.5, 0.6) is 0 Å². The Morgan fingerprint density at radius 3 is 1.64 bits per heavy atom. The zero-order chi connectivity index (χ0) is 20.4. The maximum absolute atomic E-state index is 12.9. The third-order valence-electron chi connectivity index (χ3n) is 5.43. The lowest BCUT2D eigenvalue weighted by atomic mass is 10.2. The van der Waals surface area contributed by atoms with Crippen LogP contribution in [0, 0.1) is 0 Å². The number of nitrogens with one attached hydrogen (secondary N) is 1. The molecule has 0 unspecified atom stereocenters. The van der Waals surface area contributed by atoms with Gasteiger partial charge >= 0.3 is 12.1 Å². The Bertz CT molecular complexity index is 492. The highest BCUT2D eigenvalue weighted by atomic mass is 28.4. The first-order chi connectivity index (χ1) is 10.8. The number of carbonyl (C=O) groups is 2. The summed E-state index contributed by atoms with van der Waals surface area (Å²) in [6.45, 7) is 22.1. The van der Waals surface area contributed by atoms with Crippen molar-refractivity contribution in [1.29, 1.82) is 0 Å². The molecule has 0 aromatic rings. The zero-order valence-electron chi connectivity index (χ0n) is 17.7. The van der Waals surface area contributed by atoms with Crippen LogP contribution in [0.25, 0.3) is 0 Å². The van der Waals surface area contributed by atoms with E-state index in [1.165, 1.54) is 0 Å². The highest BCUT2D eigenvalue weighted by Crippen LogP contribution is 2.39. The molecule has 0 rings (SSSR count). The Hall–Kier alpha value is -0.866. The fourth-order valence-corrected chi connectivity index (χ4v) is 3.80. The quantitative estimate of drug-likeness (QED) is 0.647. The molecule has 6 nitrogen and oxygen atoms in total. The van der Waals surface area contributed by atoms with Crippen molar-refractivity contribution in [2.24, 2.45) is 0 Å². The first kappa shape index (κ1) is 24.1. The number of amides is 1. The third-order valence-corrected chi connectivity index (χ3v) is 14.2. The summed E-state index contributed by atoms with van der Waals surface area (Å²) in [6, 6.07) is -0.691. The van der Waals surface area contributed by atoms with Gasteiger partial charge in [-0.1, -0.05) is 41.5 Å². The van der Waals surface area contributed by atoms with E-state index >= 15 is 0 Å². The van der Waals surface area contributed by atoms with E-state index in [1.807, 2.05) is 26.2 Å². The maximum Gasteiger partial charge on any atom is 0.404 e. The number of rotatable bonds is 6. The molecule has 0 radical (unpaired) electrons. The minimum absolute atomic E-state index is 0.106. The second kappa shape index (κ2) is 7.79. The Kier molecular flexibility index (Phi) is 7.52. The van der Waals surface area contributed by atoms with E-state index in [-0.39, 0.29) is 10.1 Å². The summed E-state index contributed by atoms with van der Waals surface area (Å²) >= 11 is 0. The molecular formula is C17H37NO5Si2. The van der Waals surface area contributed by atoms with Crippen molar-refractivity contribution in [3.63, 3.8) is 0 Å². The highest BCUT2D eigenvalue weighted by molar-refractivity contribution is 6.76.